The Morgan fingerprint density at radius 2 is 1.50 bits per heavy atom. The number of thiophene rings is 1. The average Bonchev–Trinajstić information content (AvgIpc) is 2.27. The van der Waals surface area contributed by atoms with Crippen LogP contribution >= 0.6 is 11.3 Å². The van der Waals surface area contributed by atoms with Crippen LogP contribution in [0.2, 0.25) is 0 Å². The lowest BCUT2D eigenvalue weighted by Gasteiger charge is -2.03. The van der Waals surface area contributed by atoms with E-state index in [0.717, 1.165) is 0 Å². The molecule has 0 spiro atoms. The first-order valence-corrected chi connectivity index (χ1v) is 4.04. The number of halogens is 6. The van der Waals surface area contributed by atoms with Gasteiger partial charge in [-0.25, -0.2) is 0 Å². The Labute approximate surface area is 79.2 Å². The Bertz CT molecular complexity index is 331. The van der Waals surface area contributed by atoms with Crippen LogP contribution in [-0.2, 0) is 12.4 Å². The van der Waals surface area contributed by atoms with Gasteiger partial charge in [-0.3, -0.25) is 0 Å². The Kier molecular flexibility index (Phi) is 2.55. The van der Waals surface area contributed by atoms with Gasteiger partial charge in [0.2, 0.25) is 0 Å². The topological polar surface area (TPSA) is 0 Å². The van der Waals surface area contributed by atoms with Gasteiger partial charge in [-0.05, 0) is 13.0 Å². The monoisotopic (exact) mass is 233 g/mol. The molecule has 0 nitrogen and oxygen atoms in total. The molecule has 0 aliphatic heterocycles. The summed E-state index contributed by atoms with van der Waals surface area (Å²) in [5, 5.41) is 0. The molecule has 0 aromatic carbocycles. The number of hydrogen-bond donors (Lipinski definition) is 0. The first-order chi connectivity index (χ1) is 6.12. The lowest BCUT2D eigenvalue weighted by atomic mass is 10.2. The Morgan fingerprint density at radius 3 is 1.71 bits per heavy atom. The summed E-state index contributed by atoms with van der Waals surface area (Å²) in [7, 11) is 0. The van der Waals surface area contributed by atoms with Gasteiger partial charge in [-0.1, -0.05) is 0 Å². The zero-order valence-corrected chi connectivity index (χ0v) is 7.28. The molecule has 0 N–H and O–H groups in total. The van der Waals surface area contributed by atoms with Crippen LogP contribution in [-0.4, -0.2) is 0 Å². The van der Waals surface area contributed by atoms with Gasteiger partial charge in [0, 0.05) is 4.88 Å². The maximum absolute atomic E-state index is 12.0. The zero-order valence-electron chi connectivity index (χ0n) is 6.46. The lowest BCUT2D eigenvalue weighted by molar-refractivity contribution is -0.140. The van der Waals surface area contributed by atoms with Crippen LogP contribution in [0.4, 0.5) is 26.3 Å². The van der Waals surface area contributed by atoms with Crippen molar-refractivity contribution in [1.29, 1.82) is 0 Å². The highest BCUT2D eigenvalue weighted by Crippen LogP contribution is 2.42. The van der Waals surface area contributed by atoms with E-state index in [2.05, 4.69) is 6.92 Å². The highest BCUT2D eigenvalue weighted by Gasteiger charge is 2.39. The Balaban J connectivity index is 3.19. The van der Waals surface area contributed by atoms with Crippen molar-refractivity contribution in [2.45, 2.75) is 12.4 Å². The second kappa shape index (κ2) is 3.15. The van der Waals surface area contributed by atoms with Crippen molar-refractivity contribution in [2.75, 3.05) is 0 Å². The molecule has 1 radical (unpaired) electrons. The first-order valence-electron chi connectivity index (χ1n) is 3.22. The second-order valence-electron chi connectivity index (χ2n) is 2.44. The van der Waals surface area contributed by atoms with Gasteiger partial charge >= 0.3 is 12.4 Å². The van der Waals surface area contributed by atoms with Crippen molar-refractivity contribution in [1.82, 2.24) is 0 Å². The van der Waals surface area contributed by atoms with E-state index in [-0.39, 0.29) is 17.4 Å². The van der Waals surface area contributed by atoms with Crippen LogP contribution in [0.15, 0.2) is 6.07 Å². The molecule has 0 saturated heterocycles. The molecule has 0 aliphatic carbocycles. The highest BCUT2D eigenvalue weighted by molar-refractivity contribution is 7.12. The molecule has 0 aliphatic rings. The number of hydrogen-bond acceptors (Lipinski definition) is 1. The maximum Gasteiger partial charge on any atom is 0.425 e. The first kappa shape index (κ1) is 11.4. The molecule has 7 heteroatoms. The van der Waals surface area contributed by atoms with E-state index in [0.29, 0.717) is 0 Å². The van der Waals surface area contributed by atoms with E-state index in [1.165, 1.54) is 0 Å². The third-order valence-corrected chi connectivity index (χ3v) is 2.43. The number of rotatable bonds is 0. The standard InChI is InChI=1S/C7H3F6S/c1-3-4(6(8,9)10)2-5(14-3)7(11,12)13/h2H,1H2. The third kappa shape index (κ3) is 2.20. The molecular weight excluding hydrogens is 230 g/mol. The molecule has 0 atom stereocenters. The van der Waals surface area contributed by atoms with Crippen molar-refractivity contribution in [3.05, 3.63) is 28.3 Å². The predicted octanol–water partition coefficient (Wildman–Crippen LogP) is 3.97. The minimum Gasteiger partial charge on any atom is -0.166 e. The summed E-state index contributed by atoms with van der Waals surface area (Å²) in [6.07, 6.45) is -9.53. The highest BCUT2D eigenvalue weighted by atomic mass is 32.1. The number of alkyl halides is 6. The maximum atomic E-state index is 12.0. The lowest BCUT2D eigenvalue weighted by Crippen LogP contribution is -2.05. The van der Waals surface area contributed by atoms with Crippen molar-refractivity contribution < 1.29 is 26.3 Å². The molecule has 79 valence electrons. The summed E-state index contributed by atoms with van der Waals surface area (Å²) in [6.45, 7) is 2.92. The fourth-order valence-electron chi connectivity index (χ4n) is 0.808. The predicted molar refractivity (Wildman–Crippen MR) is 38.8 cm³/mol. The molecule has 14 heavy (non-hydrogen) atoms. The molecule has 0 saturated carbocycles. The van der Waals surface area contributed by atoms with Crippen LogP contribution in [0, 0.1) is 6.92 Å². The van der Waals surface area contributed by atoms with Gasteiger partial charge in [-0.2, -0.15) is 26.3 Å². The van der Waals surface area contributed by atoms with Gasteiger partial charge in [0.1, 0.15) is 4.88 Å². The quantitative estimate of drug-likeness (QED) is 0.595. The molecule has 0 unspecified atom stereocenters. The smallest absolute Gasteiger partial charge is 0.166 e. The molecule has 1 aromatic heterocycles. The summed E-state index contributed by atoms with van der Waals surface area (Å²) in [4.78, 5) is -1.90. The molecule has 0 bridgehead atoms. The van der Waals surface area contributed by atoms with Crippen LogP contribution < -0.4 is 0 Å². The van der Waals surface area contributed by atoms with Crippen molar-refractivity contribution >= 4 is 11.3 Å². The van der Waals surface area contributed by atoms with Gasteiger partial charge < -0.3 is 0 Å². The van der Waals surface area contributed by atoms with Crippen LogP contribution in [0.3, 0.4) is 0 Å². The van der Waals surface area contributed by atoms with Crippen LogP contribution in [0.5, 0.6) is 0 Å². The van der Waals surface area contributed by atoms with Gasteiger partial charge in [0.25, 0.3) is 0 Å². The van der Waals surface area contributed by atoms with E-state index in [1.807, 2.05) is 0 Å². The molecule has 1 rings (SSSR count). The fraction of sp³-hybridized carbons (Fsp3) is 0.286. The molecule has 0 fully saturated rings. The van der Waals surface area contributed by atoms with Gasteiger partial charge in [0.15, 0.2) is 0 Å². The van der Waals surface area contributed by atoms with E-state index in [9.17, 15) is 26.3 Å². The van der Waals surface area contributed by atoms with Crippen LogP contribution in [0.25, 0.3) is 0 Å². The van der Waals surface area contributed by atoms with E-state index in [1.54, 1.807) is 0 Å². The summed E-state index contributed by atoms with van der Waals surface area (Å²) in [5.74, 6) is 0. The molecule has 0 amide bonds. The molecule has 1 heterocycles. The average molecular weight is 233 g/mol. The van der Waals surface area contributed by atoms with E-state index >= 15 is 0 Å². The SMILES string of the molecule is [CH2]c1sc(C(F)(F)F)cc1C(F)(F)F. The van der Waals surface area contributed by atoms with Crippen molar-refractivity contribution in [2.24, 2.45) is 0 Å². The second-order valence-corrected chi connectivity index (χ2v) is 3.58. The largest absolute Gasteiger partial charge is 0.425 e. The molecule has 1 aromatic rings. The summed E-state index contributed by atoms with van der Waals surface area (Å²) in [5.41, 5.74) is -1.32. The van der Waals surface area contributed by atoms with E-state index in [4.69, 9.17) is 0 Å². The Morgan fingerprint density at radius 1 is 1.00 bits per heavy atom. The fourth-order valence-corrected chi connectivity index (χ4v) is 1.65. The van der Waals surface area contributed by atoms with Gasteiger partial charge in [-0.15, -0.1) is 11.3 Å². The minimum absolute atomic E-state index is 0.00794. The van der Waals surface area contributed by atoms with Crippen LogP contribution in [0.1, 0.15) is 15.3 Å². The van der Waals surface area contributed by atoms with Crippen molar-refractivity contribution in [3.8, 4) is 0 Å². The molecular formula is C7H3F6S. The summed E-state index contributed by atoms with van der Waals surface area (Å²) < 4.78 is 72.1. The van der Waals surface area contributed by atoms with E-state index < -0.39 is 27.7 Å². The third-order valence-electron chi connectivity index (χ3n) is 1.39. The van der Waals surface area contributed by atoms with Gasteiger partial charge in [0.05, 0.1) is 5.56 Å². The normalized spacial score (nSPS) is 13.4. The summed E-state index contributed by atoms with van der Waals surface area (Å²) >= 11 is -0.00794. The minimum atomic E-state index is -4.78. The zero-order chi connectivity index (χ0) is 11.1. The Hall–Kier alpha value is -0.720. The summed E-state index contributed by atoms with van der Waals surface area (Å²) in [6, 6.07) is 0.0764. The van der Waals surface area contributed by atoms with Crippen molar-refractivity contribution in [3.63, 3.8) is 0 Å².